The van der Waals surface area contributed by atoms with Crippen molar-refractivity contribution in [1.82, 2.24) is 0 Å². The molecule has 0 heterocycles. The number of carbonyl (C=O) groups excluding carboxylic acids is 1. The second-order valence-electron chi connectivity index (χ2n) is 4.43. The van der Waals surface area contributed by atoms with Crippen LogP contribution in [0.2, 0.25) is 0 Å². The Labute approximate surface area is 121 Å². The summed E-state index contributed by atoms with van der Waals surface area (Å²) in [5, 5.41) is 23.2. The van der Waals surface area contributed by atoms with Crippen molar-refractivity contribution in [1.29, 1.82) is 0 Å². The van der Waals surface area contributed by atoms with Crippen molar-refractivity contribution >= 4 is 28.9 Å². The summed E-state index contributed by atoms with van der Waals surface area (Å²) in [6.45, 7) is 3.24. The third-order valence-corrected chi connectivity index (χ3v) is 4.17. The van der Waals surface area contributed by atoms with Gasteiger partial charge in [-0.2, -0.15) is 11.8 Å². The van der Waals surface area contributed by atoms with Crippen LogP contribution in [0, 0.1) is 10.1 Å². The number of nitro benzene ring substituents is 1. The van der Waals surface area contributed by atoms with Crippen LogP contribution in [0.25, 0.3) is 0 Å². The number of anilines is 1. The van der Waals surface area contributed by atoms with E-state index in [2.05, 4.69) is 5.32 Å². The van der Waals surface area contributed by atoms with Gasteiger partial charge in [0.2, 0.25) is 0 Å². The number of Topliss-reactive ketones (excluding diaryl/α,β-unsaturated/α-hetero) is 1. The number of aliphatic hydroxyl groups excluding tert-OH is 1. The summed E-state index contributed by atoms with van der Waals surface area (Å²) >= 11 is 1.53. The Morgan fingerprint density at radius 3 is 2.65 bits per heavy atom. The van der Waals surface area contributed by atoms with Gasteiger partial charge < -0.3 is 10.4 Å². The van der Waals surface area contributed by atoms with Crippen molar-refractivity contribution in [2.45, 2.75) is 25.1 Å². The molecule has 1 aromatic rings. The molecule has 0 radical (unpaired) electrons. The van der Waals surface area contributed by atoms with Gasteiger partial charge in [0.1, 0.15) is 0 Å². The van der Waals surface area contributed by atoms with Crippen molar-refractivity contribution in [3.8, 4) is 0 Å². The molecule has 0 fully saturated rings. The zero-order valence-corrected chi connectivity index (χ0v) is 12.4. The molecule has 0 aromatic heterocycles. The van der Waals surface area contributed by atoms with Gasteiger partial charge in [-0.05, 0) is 32.2 Å². The first kappa shape index (κ1) is 16.5. The minimum Gasteiger partial charge on any atom is -0.395 e. The first-order chi connectivity index (χ1) is 9.40. The lowest BCUT2D eigenvalue weighted by Gasteiger charge is -2.22. The zero-order valence-electron chi connectivity index (χ0n) is 11.6. The van der Waals surface area contributed by atoms with Crippen molar-refractivity contribution in [3.63, 3.8) is 0 Å². The van der Waals surface area contributed by atoms with Gasteiger partial charge in [-0.25, -0.2) is 0 Å². The zero-order chi connectivity index (χ0) is 15.3. The van der Waals surface area contributed by atoms with Gasteiger partial charge in [0.25, 0.3) is 5.69 Å². The molecule has 0 aliphatic carbocycles. The molecule has 0 aliphatic rings. The second kappa shape index (κ2) is 7.25. The van der Waals surface area contributed by atoms with E-state index in [0.29, 0.717) is 5.69 Å². The Kier molecular flexibility index (Phi) is 5.97. The Morgan fingerprint density at radius 2 is 2.20 bits per heavy atom. The number of hydrogen-bond acceptors (Lipinski definition) is 6. The number of ketones is 1. The lowest BCUT2D eigenvalue weighted by Crippen LogP contribution is -2.31. The predicted molar refractivity (Wildman–Crippen MR) is 80.6 cm³/mol. The van der Waals surface area contributed by atoms with E-state index in [9.17, 15) is 20.0 Å². The average Bonchev–Trinajstić information content (AvgIpc) is 2.39. The predicted octanol–water partition coefficient (Wildman–Crippen LogP) is 2.32. The third kappa shape index (κ3) is 3.94. The Morgan fingerprint density at radius 1 is 1.55 bits per heavy atom. The number of nitrogens with zero attached hydrogens (tertiary/aromatic N) is 1. The molecule has 0 saturated carbocycles. The standard InChI is InChI=1S/C13H18N2O4S/c1-8(13(7-16)20-3)14-10-4-5-12(15(18)19)11(6-10)9(2)17/h4-6,8,13-14,16H,7H2,1-3H3/t8-,13+/m1/s1. The Balaban J connectivity index is 3.01. The highest BCUT2D eigenvalue weighted by Crippen LogP contribution is 2.24. The first-order valence-electron chi connectivity index (χ1n) is 6.10. The molecule has 7 heteroatoms. The van der Waals surface area contributed by atoms with Gasteiger partial charge in [-0.3, -0.25) is 14.9 Å². The van der Waals surface area contributed by atoms with E-state index >= 15 is 0 Å². The highest BCUT2D eigenvalue weighted by molar-refractivity contribution is 7.99. The molecular formula is C13H18N2O4S. The highest BCUT2D eigenvalue weighted by Gasteiger charge is 2.20. The Hall–Kier alpha value is -1.60. The molecule has 0 saturated heterocycles. The van der Waals surface area contributed by atoms with Crippen LogP contribution in [0.1, 0.15) is 24.2 Å². The minimum absolute atomic E-state index is 0.00553. The fourth-order valence-electron chi connectivity index (χ4n) is 1.86. The molecule has 0 unspecified atom stereocenters. The van der Waals surface area contributed by atoms with Crippen molar-refractivity contribution < 1.29 is 14.8 Å². The molecule has 20 heavy (non-hydrogen) atoms. The van der Waals surface area contributed by atoms with E-state index in [1.54, 1.807) is 6.07 Å². The van der Waals surface area contributed by atoms with Gasteiger partial charge in [0.05, 0.1) is 17.1 Å². The molecule has 2 atom stereocenters. The highest BCUT2D eigenvalue weighted by atomic mass is 32.2. The monoisotopic (exact) mass is 298 g/mol. The smallest absolute Gasteiger partial charge is 0.280 e. The van der Waals surface area contributed by atoms with Crippen molar-refractivity contribution in [3.05, 3.63) is 33.9 Å². The summed E-state index contributed by atoms with van der Waals surface area (Å²) in [6.07, 6.45) is 1.90. The maximum Gasteiger partial charge on any atom is 0.280 e. The van der Waals surface area contributed by atoms with Crippen LogP contribution in [0.4, 0.5) is 11.4 Å². The van der Waals surface area contributed by atoms with Gasteiger partial charge in [-0.1, -0.05) is 0 Å². The first-order valence-corrected chi connectivity index (χ1v) is 7.39. The summed E-state index contributed by atoms with van der Waals surface area (Å²) in [7, 11) is 0. The van der Waals surface area contributed by atoms with Crippen LogP contribution in [0.15, 0.2) is 18.2 Å². The topological polar surface area (TPSA) is 92.5 Å². The molecule has 0 amide bonds. The van der Waals surface area contributed by atoms with Gasteiger partial charge in [-0.15, -0.1) is 0 Å². The molecule has 110 valence electrons. The third-order valence-electron chi connectivity index (χ3n) is 3.01. The van der Waals surface area contributed by atoms with Crippen molar-refractivity contribution in [2.75, 3.05) is 18.2 Å². The fraction of sp³-hybridized carbons (Fsp3) is 0.462. The summed E-state index contributed by atoms with van der Waals surface area (Å²) in [5.41, 5.74) is 0.511. The normalized spacial score (nSPS) is 13.6. The number of thioether (sulfide) groups is 1. The lowest BCUT2D eigenvalue weighted by atomic mass is 10.1. The van der Waals surface area contributed by atoms with E-state index in [4.69, 9.17) is 0 Å². The summed E-state index contributed by atoms with van der Waals surface area (Å²) in [5.74, 6) is -0.350. The number of benzene rings is 1. The largest absolute Gasteiger partial charge is 0.395 e. The molecule has 0 aliphatic heterocycles. The average molecular weight is 298 g/mol. The summed E-state index contributed by atoms with van der Waals surface area (Å²) < 4.78 is 0. The van der Waals surface area contributed by atoms with Crippen LogP contribution in [-0.2, 0) is 0 Å². The van der Waals surface area contributed by atoms with E-state index in [0.717, 1.165) is 0 Å². The van der Waals surface area contributed by atoms with Crippen molar-refractivity contribution in [2.24, 2.45) is 0 Å². The maximum absolute atomic E-state index is 11.5. The van der Waals surface area contributed by atoms with Crippen LogP contribution < -0.4 is 5.32 Å². The van der Waals surface area contributed by atoms with Gasteiger partial charge in [0, 0.05) is 23.0 Å². The van der Waals surface area contributed by atoms with Crippen LogP contribution in [-0.4, -0.2) is 40.0 Å². The molecule has 1 rings (SSSR count). The molecule has 2 N–H and O–H groups in total. The molecule has 0 bridgehead atoms. The maximum atomic E-state index is 11.5. The van der Waals surface area contributed by atoms with Gasteiger partial charge >= 0.3 is 0 Å². The quantitative estimate of drug-likeness (QED) is 0.456. The molecule has 1 aromatic carbocycles. The number of nitro groups is 1. The fourth-order valence-corrected chi connectivity index (χ4v) is 2.48. The summed E-state index contributed by atoms with van der Waals surface area (Å²) in [6, 6.07) is 4.33. The van der Waals surface area contributed by atoms with Crippen LogP contribution in [0.3, 0.4) is 0 Å². The minimum atomic E-state index is -0.567. The SMILES string of the molecule is CS[C@@H](CO)[C@@H](C)Nc1ccc([N+](=O)[O-])c(C(C)=O)c1. The number of rotatable bonds is 7. The molecular weight excluding hydrogens is 280 g/mol. The van der Waals surface area contributed by atoms with E-state index in [1.807, 2.05) is 13.2 Å². The molecule has 0 spiro atoms. The van der Waals surface area contributed by atoms with Crippen LogP contribution in [0.5, 0.6) is 0 Å². The number of aliphatic hydroxyl groups is 1. The molecule has 6 nitrogen and oxygen atoms in total. The van der Waals surface area contributed by atoms with E-state index < -0.39 is 4.92 Å². The lowest BCUT2D eigenvalue weighted by molar-refractivity contribution is -0.385. The number of carbonyl (C=O) groups is 1. The van der Waals surface area contributed by atoms with Crippen LogP contribution >= 0.6 is 11.8 Å². The Bertz CT molecular complexity index is 503. The van der Waals surface area contributed by atoms with E-state index in [-0.39, 0.29) is 34.9 Å². The van der Waals surface area contributed by atoms with Gasteiger partial charge in [0.15, 0.2) is 5.78 Å². The summed E-state index contributed by atoms with van der Waals surface area (Å²) in [4.78, 5) is 21.8. The number of hydrogen-bond donors (Lipinski definition) is 2. The van der Waals surface area contributed by atoms with E-state index in [1.165, 1.54) is 30.8 Å². The second-order valence-corrected chi connectivity index (χ2v) is 5.51. The number of nitrogens with one attached hydrogen (secondary N) is 1.